The van der Waals surface area contributed by atoms with Crippen molar-refractivity contribution in [1.82, 2.24) is 9.88 Å². The van der Waals surface area contributed by atoms with Crippen LogP contribution in [0.5, 0.6) is 0 Å². The van der Waals surface area contributed by atoms with Crippen LogP contribution in [-0.4, -0.2) is 34.0 Å². The highest BCUT2D eigenvalue weighted by Crippen LogP contribution is 2.30. The van der Waals surface area contributed by atoms with Crippen molar-refractivity contribution in [3.05, 3.63) is 71.4 Å². The van der Waals surface area contributed by atoms with E-state index in [2.05, 4.69) is 11.1 Å². The third-order valence-corrected chi connectivity index (χ3v) is 4.65. The number of nitrogens with zero attached hydrogens (tertiary/aromatic N) is 1. The van der Waals surface area contributed by atoms with Gasteiger partial charge >= 0.3 is 0 Å². The fourth-order valence-corrected chi connectivity index (χ4v) is 3.44. The summed E-state index contributed by atoms with van der Waals surface area (Å²) in [6, 6.07) is 15.4. The summed E-state index contributed by atoms with van der Waals surface area (Å²) in [6.45, 7) is 0.571. The number of rotatable bonds is 2. The number of H-pyrrole nitrogens is 1. The first kappa shape index (κ1) is 14.0. The van der Waals surface area contributed by atoms with Crippen molar-refractivity contribution < 1.29 is 9.90 Å². The second-order valence-corrected chi connectivity index (χ2v) is 5.93. The number of carbonyl (C=O) groups is 1. The highest BCUT2D eigenvalue weighted by atomic mass is 16.3. The molecule has 2 heterocycles. The first-order valence-corrected chi connectivity index (χ1v) is 7.84. The molecule has 0 saturated heterocycles. The van der Waals surface area contributed by atoms with Gasteiger partial charge in [-0.1, -0.05) is 24.3 Å². The highest BCUT2D eigenvalue weighted by Gasteiger charge is 2.30. The monoisotopic (exact) mass is 306 g/mol. The molecule has 0 bridgehead atoms. The molecule has 0 spiro atoms. The minimum atomic E-state index is -0.269. The van der Waals surface area contributed by atoms with Crippen LogP contribution in [-0.2, 0) is 6.42 Å². The lowest BCUT2D eigenvalue weighted by molar-refractivity contribution is 0.0569. The molecule has 23 heavy (non-hydrogen) atoms. The van der Waals surface area contributed by atoms with Crippen LogP contribution in [0.3, 0.4) is 0 Å². The molecular formula is C19H18N2O2. The van der Waals surface area contributed by atoms with Crippen LogP contribution in [0.1, 0.15) is 27.5 Å². The fourth-order valence-electron chi connectivity index (χ4n) is 3.44. The number of hydrogen-bond donors (Lipinski definition) is 2. The maximum Gasteiger partial charge on any atom is 0.254 e. The van der Waals surface area contributed by atoms with E-state index in [1.807, 2.05) is 48.7 Å². The normalized spacial score (nSPS) is 17.3. The second-order valence-electron chi connectivity index (χ2n) is 5.93. The van der Waals surface area contributed by atoms with Crippen molar-refractivity contribution in [2.24, 2.45) is 0 Å². The Bertz CT molecular complexity index is 868. The molecule has 1 amide bonds. The number of aromatic nitrogens is 1. The molecule has 4 nitrogen and oxygen atoms in total. The smallest absolute Gasteiger partial charge is 0.254 e. The quantitative estimate of drug-likeness (QED) is 0.765. The molecule has 3 aromatic rings. The fraction of sp³-hybridized carbons (Fsp3) is 0.211. The van der Waals surface area contributed by atoms with E-state index in [0.717, 1.165) is 22.9 Å². The highest BCUT2D eigenvalue weighted by molar-refractivity contribution is 5.98. The standard InChI is InChI=1S/C19H18N2O2/c22-12-18-16-4-2-1-3-13(16)8-10-21(18)19(23)15-5-6-17-14(11-15)7-9-20-17/h1-7,9,11,18,20,22H,8,10,12H2. The van der Waals surface area contributed by atoms with E-state index >= 15 is 0 Å². The molecule has 0 fully saturated rings. The van der Waals surface area contributed by atoms with Gasteiger partial charge in [0.1, 0.15) is 0 Å². The number of nitrogens with one attached hydrogen (secondary N) is 1. The average molecular weight is 306 g/mol. The lowest BCUT2D eigenvalue weighted by atomic mass is 9.92. The van der Waals surface area contributed by atoms with E-state index in [1.165, 1.54) is 5.56 Å². The molecule has 2 N–H and O–H groups in total. The Morgan fingerprint density at radius 2 is 2.09 bits per heavy atom. The van der Waals surface area contributed by atoms with Crippen LogP contribution < -0.4 is 0 Å². The summed E-state index contributed by atoms with van der Waals surface area (Å²) in [5, 5.41) is 10.9. The Balaban J connectivity index is 1.70. The Kier molecular flexibility index (Phi) is 3.39. The molecule has 4 heteroatoms. The predicted octanol–water partition coefficient (Wildman–Crippen LogP) is 2.90. The molecule has 1 unspecified atom stereocenters. The minimum Gasteiger partial charge on any atom is -0.394 e. The lowest BCUT2D eigenvalue weighted by Crippen LogP contribution is -2.41. The summed E-state index contributed by atoms with van der Waals surface area (Å²) in [5.74, 6) is -0.0262. The van der Waals surface area contributed by atoms with Crippen LogP contribution in [0, 0.1) is 0 Å². The largest absolute Gasteiger partial charge is 0.394 e. The maximum absolute atomic E-state index is 12.9. The van der Waals surface area contributed by atoms with Crippen molar-refractivity contribution in [3.63, 3.8) is 0 Å². The van der Waals surface area contributed by atoms with Gasteiger partial charge in [-0.15, -0.1) is 0 Å². The number of carbonyl (C=O) groups excluding carboxylic acids is 1. The van der Waals surface area contributed by atoms with E-state index in [0.29, 0.717) is 12.1 Å². The second kappa shape index (κ2) is 5.56. The summed E-state index contributed by atoms with van der Waals surface area (Å²) >= 11 is 0. The molecule has 1 aromatic heterocycles. The zero-order valence-corrected chi connectivity index (χ0v) is 12.7. The average Bonchev–Trinajstić information content (AvgIpc) is 3.07. The van der Waals surface area contributed by atoms with Gasteiger partial charge in [0.05, 0.1) is 12.6 Å². The van der Waals surface area contributed by atoms with Gasteiger partial charge in [-0.2, -0.15) is 0 Å². The van der Waals surface area contributed by atoms with Gasteiger partial charge < -0.3 is 15.0 Å². The summed E-state index contributed by atoms with van der Waals surface area (Å²) < 4.78 is 0. The summed E-state index contributed by atoms with van der Waals surface area (Å²) in [4.78, 5) is 17.9. The van der Waals surface area contributed by atoms with Gasteiger partial charge in [-0.05, 0) is 41.8 Å². The number of aliphatic hydroxyl groups is 1. The van der Waals surface area contributed by atoms with E-state index in [9.17, 15) is 9.90 Å². The Labute approximate surface area is 134 Å². The van der Waals surface area contributed by atoms with E-state index in [4.69, 9.17) is 0 Å². The van der Waals surface area contributed by atoms with Gasteiger partial charge in [0.2, 0.25) is 0 Å². The van der Waals surface area contributed by atoms with E-state index in [1.54, 1.807) is 4.90 Å². The molecule has 0 aliphatic carbocycles. The molecule has 116 valence electrons. The summed E-state index contributed by atoms with van der Waals surface area (Å²) in [7, 11) is 0. The van der Waals surface area contributed by atoms with Gasteiger partial charge in [0, 0.05) is 29.2 Å². The molecule has 0 saturated carbocycles. The Morgan fingerprint density at radius 1 is 1.22 bits per heavy atom. The molecule has 1 aliphatic heterocycles. The van der Waals surface area contributed by atoms with Gasteiger partial charge in [-0.3, -0.25) is 4.79 Å². The first-order chi connectivity index (χ1) is 11.3. The molecule has 0 radical (unpaired) electrons. The Hall–Kier alpha value is -2.59. The van der Waals surface area contributed by atoms with Crippen LogP contribution >= 0.6 is 0 Å². The number of benzene rings is 2. The van der Waals surface area contributed by atoms with E-state index in [-0.39, 0.29) is 18.6 Å². The van der Waals surface area contributed by atoms with Crippen LogP contribution in [0.15, 0.2) is 54.7 Å². The zero-order valence-electron chi connectivity index (χ0n) is 12.7. The first-order valence-electron chi connectivity index (χ1n) is 7.84. The van der Waals surface area contributed by atoms with Crippen LogP contribution in [0.25, 0.3) is 10.9 Å². The van der Waals surface area contributed by atoms with Gasteiger partial charge in [0.15, 0.2) is 0 Å². The molecule has 4 rings (SSSR count). The molecule has 1 aliphatic rings. The van der Waals surface area contributed by atoms with Gasteiger partial charge in [-0.25, -0.2) is 0 Å². The maximum atomic E-state index is 12.9. The third kappa shape index (κ3) is 2.32. The third-order valence-electron chi connectivity index (χ3n) is 4.65. The molecule has 1 atom stereocenters. The zero-order chi connectivity index (χ0) is 15.8. The topological polar surface area (TPSA) is 56.3 Å². The number of aromatic amines is 1. The Morgan fingerprint density at radius 3 is 2.96 bits per heavy atom. The lowest BCUT2D eigenvalue weighted by Gasteiger charge is -2.36. The number of hydrogen-bond acceptors (Lipinski definition) is 2. The van der Waals surface area contributed by atoms with Crippen molar-refractivity contribution in [1.29, 1.82) is 0 Å². The van der Waals surface area contributed by atoms with Crippen molar-refractivity contribution in [2.45, 2.75) is 12.5 Å². The number of aliphatic hydroxyl groups excluding tert-OH is 1. The predicted molar refractivity (Wildman–Crippen MR) is 89.3 cm³/mol. The number of amides is 1. The van der Waals surface area contributed by atoms with Crippen LogP contribution in [0.4, 0.5) is 0 Å². The van der Waals surface area contributed by atoms with Crippen molar-refractivity contribution in [3.8, 4) is 0 Å². The minimum absolute atomic E-state index is 0.0262. The van der Waals surface area contributed by atoms with Gasteiger partial charge in [0.25, 0.3) is 5.91 Å². The van der Waals surface area contributed by atoms with E-state index < -0.39 is 0 Å². The molecular weight excluding hydrogens is 288 g/mol. The van der Waals surface area contributed by atoms with Crippen LogP contribution in [0.2, 0.25) is 0 Å². The van der Waals surface area contributed by atoms with Crippen molar-refractivity contribution >= 4 is 16.8 Å². The SMILES string of the molecule is O=C(c1ccc2[nH]ccc2c1)N1CCc2ccccc2C1CO. The summed E-state index contributed by atoms with van der Waals surface area (Å²) in [5.41, 5.74) is 3.95. The summed E-state index contributed by atoms with van der Waals surface area (Å²) in [6.07, 6.45) is 2.69. The van der Waals surface area contributed by atoms with Crippen molar-refractivity contribution in [2.75, 3.05) is 13.2 Å². The number of fused-ring (bicyclic) bond motifs is 2. The molecule has 2 aromatic carbocycles.